The molecule has 3 atom stereocenters. The van der Waals surface area contributed by atoms with Crippen molar-refractivity contribution in [3.8, 4) is 0 Å². The topological polar surface area (TPSA) is 109 Å². The van der Waals surface area contributed by atoms with E-state index in [1.807, 2.05) is 0 Å². The van der Waals surface area contributed by atoms with Crippen LogP contribution >= 0.6 is 0 Å². The predicted molar refractivity (Wildman–Crippen MR) is 109 cm³/mol. The van der Waals surface area contributed by atoms with Gasteiger partial charge in [-0.05, 0) is 62.3 Å². The highest BCUT2D eigenvalue weighted by Gasteiger charge is 2.49. The molecule has 9 heteroatoms. The number of carbonyl (C=O) groups excluding carboxylic acids is 3. The summed E-state index contributed by atoms with van der Waals surface area (Å²) < 4.78 is 27.2. The Kier molecular flexibility index (Phi) is 8.45. The van der Waals surface area contributed by atoms with Crippen molar-refractivity contribution in [3.63, 3.8) is 0 Å². The SMILES string of the molecule is CCOC(=O)[C@@H]1OC(C)(C)O[C@@H]1[C@H](/C=C/C(=O)OC(C)(C)C)NC(=O)OC(C)(C)C. The van der Waals surface area contributed by atoms with Gasteiger partial charge in [0.25, 0.3) is 0 Å². The van der Waals surface area contributed by atoms with Crippen molar-refractivity contribution >= 4 is 18.0 Å². The van der Waals surface area contributed by atoms with Gasteiger partial charge in [0.15, 0.2) is 11.9 Å². The van der Waals surface area contributed by atoms with Gasteiger partial charge in [0.1, 0.15) is 17.3 Å². The molecule has 1 aliphatic rings. The first-order valence-corrected chi connectivity index (χ1v) is 9.96. The van der Waals surface area contributed by atoms with Gasteiger partial charge in [0.05, 0.1) is 12.6 Å². The molecule has 9 nitrogen and oxygen atoms in total. The normalized spacial score (nSPS) is 22.4. The number of rotatable bonds is 6. The van der Waals surface area contributed by atoms with Crippen molar-refractivity contribution in [1.82, 2.24) is 5.32 Å². The third-order valence-electron chi connectivity index (χ3n) is 3.53. The van der Waals surface area contributed by atoms with Gasteiger partial charge in [-0.2, -0.15) is 0 Å². The van der Waals surface area contributed by atoms with Crippen molar-refractivity contribution < 1.29 is 38.1 Å². The van der Waals surface area contributed by atoms with Crippen LogP contribution < -0.4 is 5.32 Å². The van der Waals surface area contributed by atoms with Gasteiger partial charge in [-0.25, -0.2) is 14.4 Å². The minimum absolute atomic E-state index is 0.156. The maximum absolute atomic E-state index is 12.4. The Balaban J connectivity index is 3.14. The molecule has 0 aromatic rings. The molecule has 0 radical (unpaired) electrons. The van der Waals surface area contributed by atoms with Crippen molar-refractivity contribution in [2.75, 3.05) is 6.61 Å². The van der Waals surface area contributed by atoms with Crippen LogP contribution in [0.3, 0.4) is 0 Å². The maximum atomic E-state index is 12.4. The van der Waals surface area contributed by atoms with E-state index in [1.54, 1.807) is 62.3 Å². The van der Waals surface area contributed by atoms with E-state index in [-0.39, 0.29) is 6.61 Å². The Morgan fingerprint density at radius 3 is 2.10 bits per heavy atom. The summed E-state index contributed by atoms with van der Waals surface area (Å²) in [5.74, 6) is -2.34. The molecule has 1 rings (SSSR count). The molecule has 1 N–H and O–H groups in total. The smallest absolute Gasteiger partial charge is 0.408 e. The van der Waals surface area contributed by atoms with E-state index in [2.05, 4.69) is 5.32 Å². The van der Waals surface area contributed by atoms with Crippen molar-refractivity contribution in [3.05, 3.63) is 12.2 Å². The first-order valence-electron chi connectivity index (χ1n) is 9.96. The van der Waals surface area contributed by atoms with Crippen LogP contribution in [0.15, 0.2) is 12.2 Å². The fourth-order valence-electron chi connectivity index (χ4n) is 2.66. The van der Waals surface area contributed by atoms with Crippen molar-refractivity contribution in [1.29, 1.82) is 0 Å². The molecule has 1 heterocycles. The lowest BCUT2D eigenvalue weighted by atomic mass is 10.0. The van der Waals surface area contributed by atoms with Crippen molar-refractivity contribution in [2.45, 2.75) is 97.6 Å². The Morgan fingerprint density at radius 2 is 1.60 bits per heavy atom. The van der Waals surface area contributed by atoms with E-state index in [1.165, 1.54) is 12.2 Å². The van der Waals surface area contributed by atoms with Gasteiger partial charge >= 0.3 is 18.0 Å². The van der Waals surface area contributed by atoms with E-state index in [9.17, 15) is 14.4 Å². The lowest BCUT2D eigenvalue weighted by Gasteiger charge is -2.27. The van der Waals surface area contributed by atoms with Crippen LogP contribution in [0.2, 0.25) is 0 Å². The molecule has 0 unspecified atom stereocenters. The fourth-order valence-corrected chi connectivity index (χ4v) is 2.66. The molecule has 0 spiro atoms. The van der Waals surface area contributed by atoms with Crippen LogP contribution in [0, 0.1) is 0 Å². The average molecular weight is 430 g/mol. The predicted octanol–water partition coefficient (Wildman–Crippen LogP) is 2.86. The molecule has 1 amide bonds. The number of esters is 2. The molecule has 1 aliphatic heterocycles. The lowest BCUT2D eigenvalue weighted by molar-refractivity contribution is -0.170. The van der Waals surface area contributed by atoms with Crippen LogP contribution in [0.1, 0.15) is 62.3 Å². The highest BCUT2D eigenvalue weighted by atomic mass is 16.8. The van der Waals surface area contributed by atoms with Crippen LogP contribution in [-0.4, -0.2) is 59.9 Å². The quantitative estimate of drug-likeness (QED) is 0.390. The van der Waals surface area contributed by atoms with E-state index < -0.39 is 53.3 Å². The summed E-state index contributed by atoms with van der Waals surface area (Å²) in [4.78, 5) is 36.9. The Bertz CT molecular complexity index is 657. The lowest BCUT2D eigenvalue weighted by Crippen LogP contribution is -2.50. The molecule has 0 saturated carbocycles. The first kappa shape index (κ1) is 25.9. The van der Waals surface area contributed by atoms with Gasteiger partial charge in [0.2, 0.25) is 0 Å². The van der Waals surface area contributed by atoms with Gasteiger partial charge < -0.3 is 29.0 Å². The van der Waals surface area contributed by atoms with Crippen LogP contribution in [0.4, 0.5) is 4.79 Å². The summed E-state index contributed by atoms with van der Waals surface area (Å²) >= 11 is 0. The zero-order valence-corrected chi connectivity index (χ0v) is 19.4. The molecule has 0 aromatic carbocycles. The summed E-state index contributed by atoms with van der Waals surface area (Å²) in [7, 11) is 0. The number of hydrogen-bond acceptors (Lipinski definition) is 8. The minimum Gasteiger partial charge on any atom is -0.464 e. The number of nitrogens with one attached hydrogen (secondary N) is 1. The van der Waals surface area contributed by atoms with E-state index >= 15 is 0 Å². The Morgan fingerprint density at radius 1 is 1.03 bits per heavy atom. The molecule has 0 aliphatic carbocycles. The number of ether oxygens (including phenoxy) is 5. The molecular formula is C21H35NO8. The second-order valence-corrected chi connectivity index (χ2v) is 9.34. The van der Waals surface area contributed by atoms with Gasteiger partial charge in [-0.3, -0.25) is 0 Å². The van der Waals surface area contributed by atoms with Crippen LogP contribution in [0.25, 0.3) is 0 Å². The summed E-state index contributed by atoms with van der Waals surface area (Å²) in [6.07, 6.45) is -0.241. The molecule has 1 saturated heterocycles. The van der Waals surface area contributed by atoms with E-state index in [0.29, 0.717) is 0 Å². The zero-order valence-electron chi connectivity index (χ0n) is 19.4. The molecule has 30 heavy (non-hydrogen) atoms. The molecule has 0 aromatic heterocycles. The standard InChI is InChI=1S/C21H35NO8/c1-10-26-17(24)16-15(28-21(8,9)29-16)13(22-18(25)30-20(5,6)7)11-12-14(23)27-19(2,3)4/h11-13,15-16H,10H2,1-9H3,(H,22,25)/b12-11+/t13-,15+,16+/m0/s1. The Labute approximate surface area is 178 Å². The van der Waals surface area contributed by atoms with Gasteiger partial charge in [-0.15, -0.1) is 0 Å². The maximum Gasteiger partial charge on any atom is 0.408 e. The molecule has 172 valence electrons. The van der Waals surface area contributed by atoms with Crippen LogP contribution in [-0.2, 0) is 33.3 Å². The second-order valence-electron chi connectivity index (χ2n) is 9.34. The number of carbonyl (C=O) groups is 3. The second kappa shape index (κ2) is 9.78. The third-order valence-corrected chi connectivity index (χ3v) is 3.53. The fraction of sp³-hybridized carbons (Fsp3) is 0.762. The van der Waals surface area contributed by atoms with E-state index in [4.69, 9.17) is 23.7 Å². The van der Waals surface area contributed by atoms with Gasteiger partial charge in [-0.1, -0.05) is 6.08 Å². The molecular weight excluding hydrogens is 394 g/mol. The first-order chi connectivity index (χ1) is 13.5. The highest BCUT2D eigenvalue weighted by Crippen LogP contribution is 2.31. The largest absolute Gasteiger partial charge is 0.464 e. The monoisotopic (exact) mass is 429 g/mol. The number of amides is 1. The minimum atomic E-state index is -1.11. The summed E-state index contributed by atoms with van der Waals surface area (Å²) in [6, 6.07) is -0.927. The number of alkyl carbamates (subject to hydrolysis) is 1. The van der Waals surface area contributed by atoms with E-state index in [0.717, 1.165) is 0 Å². The molecule has 1 fully saturated rings. The van der Waals surface area contributed by atoms with Crippen LogP contribution in [0.5, 0.6) is 0 Å². The highest BCUT2D eigenvalue weighted by molar-refractivity contribution is 5.83. The number of hydrogen-bond donors (Lipinski definition) is 1. The summed E-state index contributed by atoms with van der Waals surface area (Å²) in [5, 5.41) is 2.63. The third kappa shape index (κ3) is 9.13. The summed E-state index contributed by atoms with van der Waals surface area (Å²) in [5.41, 5.74) is -1.42. The van der Waals surface area contributed by atoms with Crippen molar-refractivity contribution in [2.24, 2.45) is 0 Å². The van der Waals surface area contributed by atoms with Gasteiger partial charge in [0, 0.05) is 6.08 Å². The molecule has 0 bridgehead atoms. The zero-order chi connectivity index (χ0) is 23.3. The Hall–Kier alpha value is -2.13. The summed E-state index contributed by atoms with van der Waals surface area (Å²) in [6.45, 7) is 15.5. The average Bonchev–Trinajstić information content (AvgIpc) is 2.84.